The summed E-state index contributed by atoms with van der Waals surface area (Å²) in [6, 6.07) is 2.03. The molecule has 0 spiro atoms. The molecular weight excluding hydrogens is 164 g/mol. The van der Waals surface area contributed by atoms with Gasteiger partial charge in [-0.3, -0.25) is 11.3 Å². The number of hydrazine groups is 1. The number of hydrogen-bond acceptors (Lipinski definition) is 4. The first-order valence-electron chi connectivity index (χ1n) is 4.37. The Kier molecular flexibility index (Phi) is 3.22. The van der Waals surface area contributed by atoms with Crippen LogP contribution in [0.4, 0.5) is 5.82 Å². The van der Waals surface area contributed by atoms with Crippen molar-refractivity contribution in [2.45, 2.75) is 26.3 Å². The second-order valence-corrected chi connectivity index (χ2v) is 3.05. The maximum absolute atomic E-state index is 5.77. The summed E-state index contributed by atoms with van der Waals surface area (Å²) in [6.45, 7) is 4.06. The van der Waals surface area contributed by atoms with Crippen molar-refractivity contribution < 1.29 is 0 Å². The van der Waals surface area contributed by atoms with Crippen LogP contribution in [0.1, 0.15) is 30.5 Å². The summed E-state index contributed by atoms with van der Waals surface area (Å²) in [7, 11) is 0. The molecule has 4 nitrogen and oxygen atoms in total. The lowest BCUT2D eigenvalue weighted by molar-refractivity contribution is 0.537. The quantitative estimate of drug-likeness (QED) is 0.477. The normalized spacial score (nSPS) is 12.8. The van der Waals surface area contributed by atoms with Crippen LogP contribution in [0, 0.1) is 6.92 Å². The predicted molar refractivity (Wildman–Crippen MR) is 53.7 cm³/mol. The van der Waals surface area contributed by atoms with E-state index in [2.05, 4.69) is 17.3 Å². The molecule has 0 aromatic carbocycles. The van der Waals surface area contributed by atoms with Gasteiger partial charge in [-0.1, -0.05) is 6.92 Å². The molecule has 1 aromatic rings. The molecule has 0 radical (unpaired) electrons. The topological polar surface area (TPSA) is 77.0 Å². The van der Waals surface area contributed by atoms with Gasteiger partial charge in [0.2, 0.25) is 0 Å². The number of nitrogens with zero attached hydrogens (tertiary/aromatic N) is 1. The zero-order chi connectivity index (χ0) is 9.84. The largest absolute Gasteiger partial charge is 0.383 e. The molecule has 4 heteroatoms. The number of rotatable bonds is 3. The van der Waals surface area contributed by atoms with Crippen molar-refractivity contribution in [2.75, 3.05) is 5.73 Å². The van der Waals surface area contributed by atoms with Gasteiger partial charge in [-0.15, -0.1) is 0 Å². The van der Waals surface area contributed by atoms with Crippen LogP contribution in [-0.4, -0.2) is 4.98 Å². The third kappa shape index (κ3) is 1.96. The highest BCUT2D eigenvalue weighted by molar-refractivity contribution is 5.45. The Morgan fingerprint density at radius 2 is 2.31 bits per heavy atom. The lowest BCUT2D eigenvalue weighted by Gasteiger charge is -2.17. The first-order chi connectivity index (χ1) is 6.20. The highest BCUT2D eigenvalue weighted by Crippen LogP contribution is 2.23. The molecule has 0 fully saturated rings. The minimum Gasteiger partial charge on any atom is -0.383 e. The molecule has 0 amide bonds. The van der Waals surface area contributed by atoms with Gasteiger partial charge < -0.3 is 5.73 Å². The number of nitrogens with two attached hydrogens (primary N) is 2. The Hall–Kier alpha value is -1.13. The van der Waals surface area contributed by atoms with Crippen LogP contribution in [0.25, 0.3) is 0 Å². The van der Waals surface area contributed by atoms with E-state index in [-0.39, 0.29) is 6.04 Å². The standard InChI is InChI=1S/C9H16N4/c1-3-7(13-11)8-6(2)4-5-12-9(8)10/h4-5,7,13H,3,11H2,1-2H3,(H2,10,12). The molecule has 0 aliphatic carbocycles. The third-order valence-corrected chi connectivity index (χ3v) is 2.20. The number of aromatic nitrogens is 1. The molecule has 13 heavy (non-hydrogen) atoms. The number of pyridine rings is 1. The maximum Gasteiger partial charge on any atom is 0.128 e. The number of aryl methyl sites for hydroxylation is 1. The van der Waals surface area contributed by atoms with Gasteiger partial charge in [-0.25, -0.2) is 4.98 Å². The molecule has 1 heterocycles. The van der Waals surface area contributed by atoms with Crippen LogP contribution in [0.2, 0.25) is 0 Å². The van der Waals surface area contributed by atoms with Crippen LogP contribution >= 0.6 is 0 Å². The number of hydrogen-bond donors (Lipinski definition) is 3. The smallest absolute Gasteiger partial charge is 0.128 e. The second kappa shape index (κ2) is 4.20. The van der Waals surface area contributed by atoms with Crippen LogP contribution < -0.4 is 17.0 Å². The first-order valence-corrected chi connectivity index (χ1v) is 4.37. The molecule has 0 aliphatic heterocycles. The average molecular weight is 180 g/mol. The monoisotopic (exact) mass is 180 g/mol. The van der Waals surface area contributed by atoms with Gasteiger partial charge in [0, 0.05) is 17.8 Å². The van der Waals surface area contributed by atoms with E-state index in [1.165, 1.54) is 0 Å². The zero-order valence-electron chi connectivity index (χ0n) is 8.04. The lowest BCUT2D eigenvalue weighted by atomic mass is 10.0. The van der Waals surface area contributed by atoms with E-state index in [0.717, 1.165) is 17.5 Å². The van der Waals surface area contributed by atoms with E-state index in [4.69, 9.17) is 11.6 Å². The minimum absolute atomic E-state index is 0.0914. The van der Waals surface area contributed by atoms with Crippen LogP contribution in [0.5, 0.6) is 0 Å². The molecule has 1 rings (SSSR count). The molecule has 72 valence electrons. The van der Waals surface area contributed by atoms with Gasteiger partial charge in [0.15, 0.2) is 0 Å². The average Bonchev–Trinajstić information content (AvgIpc) is 2.11. The fourth-order valence-corrected chi connectivity index (χ4v) is 1.45. The summed E-state index contributed by atoms with van der Waals surface area (Å²) >= 11 is 0. The Labute approximate surface area is 78.3 Å². The van der Waals surface area contributed by atoms with Crippen molar-refractivity contribution in [1.29, 1.82) is 0 Å². The molecule has 1 unspecified atom stereocenters. The van der Waals surface area contributed by atoms with E-state index < -0.39 is 0 Å². The second-order valence-electron chi connectivity index (χ2n) is 3.05. The van der Waals surface area contributed by atoms with Gasteiger partial charge in [-0.2, -0.15) is 0 Å². The highest BCUT2D eigenvalue weighted by Gasteiger charge is 2.13. The van der Waals surface area contributed by atoms with Crippen molar-refractivity contribution in [2.24, 2.45) is 5.84 Å². The summed E-state index contributed by atoms with van der Waals surface area (Å²) in [5.74, 6) is 5.98. The molecule has 5 N–H and O–H groups in total. The SMILES string of the molecule is CCC(NN)c1c(C)ccnc1N. The van der Waals surface area contributed by atoms with Gasteiger partial charge in [0.25, 0.3) is 0 Å². The fraction of sp³-hybridized carbons (Fsp3) is 0.444. The van der Waals surface area contributed by atoms with Gasteiger partial charge in [0.1, 0.15) is 5.82 Å². The predicted octanol–water partition coefficient (Wildman–Crippen LogP) is 0.887. The minimum atomic E-state index is 0.0914. The molecular formula is C9H16N4. The molecule has 1 aromatic heterocycles. The van der Waals surface area contributed by atoms with E-state index >= 15 is 0 Å². The van der Waals surface area contributed by atoms with E-state index in [0.29, 0.717) is 5.82 Å². The van der Waals surface area contributed by atoms with E-state index in [1.807, 2.05) is 13.0 Å². The molecule has 0 saturated heterocycles. The maximum atomic E-state index is 5.77. The summed E-state index contributed by atoms with van der Waals surface area (Å²) in [4.78, 5) is 4.04. The van der Waals surface area contributed by atoms with Crippen molar-refractivity contribution in [3.63, 3.8) is 0 Å². The Morgan fingerprint density at radius 3 is 2.77 bits per heavy atom. The Balaban J connectivity index is 3.10. The Morgan fingerprint density at radius 1 is 1.62 bits per heavy atom. The summed E-state index contributed by atoms with van der Waals surface area (Å²) in [5.41, 5.74) is 10.6. The molecule has 0 aliphatic rings. The summed E-state index contributed by atoms with van der Waals surface area (Å²) in [6.07, 6.45) is 2.60. The van der Waals surface area contributed by atoms with E-state index in [1.54, 1.807) is 6.20 Å². The lowest BCUT2D eigenvalue weighted by Crippen LogP contribution is -2.28. The summed E-state index contributed by atoms with van der Waals surface area (Å²) < 4.78 is 0. The first kappa shape index (κ1) is 9.95. The van der Waals surface area contributed by atoms with Crippen molar-refractivity contribution >= 4 is 5.82 Å². The highest BCUT2D eigenvalue weighted by atomic mass is 15.2. The molecule has 0 bridgehead atoms. The molecule has 0 saturated carbocycles. The number of nitrogen functional groups attached to an aromatic ring is 1. The van der Waals surface area contributed by atoms with Crippen LogP contribution in [0.3, 0.4) is 0 Å². The van der Waals surface area contributed by atoms with Crippen LogP contribution in [0.15, 0.2) is 12.3 Å². The number of nitrogens with one attached hydrogen (secondary N) is 1. The van der Waals surface area contributed by atoms with Crippen molar-refractivity contribution in [3.8, 4) is 0 Å². The van der Waals surface area contributed by atoms with Crippen LogP contribution in [-0.2, 0) is 0 Å². The van der Waals surface area contributed by atoms with Crippen molar-refractivity contribution in [1.82, 2.24) is 10.4 Å². The molecule has 1 atom stereocenters. The Bertz CT molecular complexity index is 261. The van der Waals surface area contributed by atoms with Crippen molar-refractivity contribution in [3.05, 3.63) is 23.4 Å². The van der Waals surface area contributed by atoms with Gasteiger partial charge >= 0.3 is 0 Å². The van der Waals surface area contributed by atoms with Gasteiger partial charge in [0.05, 0.1) is 0 Å². The van der Waals surface area contributed by atoms with E-state index in [9.17, 15) is 0 Å². The zero-order valence-corrected chi connectivity index (χ0v) is 8.04. The van der Waals surface area contributed by atoms with Gasteiger partial charge in [-0.05, 0) is 25.0 Å². The third-order valence-electron chi connectivity index (χ3n) is 2.20. The summed E-state index contributed by atoms with van der Waals surface area (Å²) in [5, 5.41) is 0. The fourth-order valence-electron chi connectivity index (χ4n) is 1.45. The number of anilines is 1.